The van der Waals surface area contributed by atoms with Crippen LogP contribution in [0.5, 0.6) is 0 Å². The monoisotopic (exact) mass is 337 g/mol. The number of rotatable bonds is 4. The molecule has 1 saturated heterocycles. The van der Waals surface area contributed by atoms with Crippen LogP contribution in [-0.2, 0) is 25.7 Å². The first-order valence-electron chi connectivity index (χ1n) is 7.83. The van der Waals surface area contributed by atoms with Crippen molar-refractivity contribution in [1.82, 2.24) is 4.90 Å². The Bertz CT molecular complexity index is 525. The van der Waals surface area contributed by atoms with Crippen molar-refractivity contribution < 1.29 is 29.3 Å². The van der Waals surface area contributed by atoms with E-state index in [2.05, 4.69) is 29.2 Å². The van der Waals surface area contributed by atoms with Gasteiger partial charge in [-0.1, -0.05) is 30.3 Å². The van der Waals surface area contributed by atoms with Crippen LogP contribution in [0.15, 0.2) is 30.3 Å². The van der Waals surface area contributed by atoms with E-state index in [0.29, 0.717) is 6.61 Å². The molecule has 0 saturated carbocycles. The molecular weight excluding hydrogens is 314 g/mol. The molecule has 0 unspecified atom stereocenters. The van der Waals surface area contributed by atoms with Crippen molar-refractivity contribution >= 4 is 17.9 Å². The fourth-order valence-electron chi connectivity index (χ4n) is 2.43. The normalized spacial score (nSPS) is 15.0. The van der Waals surface area contributed by atoms with Crippen molar-refractivity contribution in [2.24, 2.45) is 5.92 Å². The summed E-state index contributed by atoms with van der Waals surface area (Å²) < 4.78 is 5.08. The number of hydrogen-bond donors (Lipinski definition) is 2. The molecule has 1 fully saturated rings. The van der Waals surface area contributed by atoms with Crippen molar-refractivity contribution in [3.05, 3.63) is 35.9 Å². The topological polar surface area (TPSA) is 104 Å². The van der Waals surface area contributed by atoms with Crippen molar-refractivity contribution in [3.8, 4) is 0 Å². The molecule has 24 heavy (non-hydrogen) atoms. The van der Waals surface area contributed by atoms with Crippen LogP contribution in [0.1, 0.15) is 25.3 Å². The predicted molar refractivity (Wildman–Crippen MR) is 86.3 cm³/mol. The molecule has 1 aliphatic heterocycles. The van der Waals surface area contributed by atoms with Crippen LogP contribution in [0.4, 0.5) is 0 Å². The van der Waals surface area contributed by atoms with Crippen molar-refractivity contribution in [2.75, 3.05) is 19.7 Å². The number of carbonyl (C=O) groups excluding carboxylic acids is 1. The smallest absolute Gasteiger partial charge is 0.414 e. The Balaban J connectivity index is 0.000000413. The predicted octanol–water partition coefficient (Wildman–Crippen LogP) is 1.62. The van der Waals surface area contributed by atoms with Gasteiger partial charge in [0.1, 0.15) is 0 Å². The quantitative estimate of drug-likeness (QED) is 0.635. The lowest BCUT2D eigenvalue weighted by molar-refractivity contribution is -0.159. The first kappa shape index (κ1) is 19.6. The molecule has 0 bridgehead atoms. The summed E-state index contributed by atoms with van der Waals surface area (Å²) in [4.78, 5) is 32.2. The maximum atomic E-state index is 11.6. The lowest BCUT2D eigenvalue weighted by Crippen LogP contribution is -2.36. The molecule has 2 rings (SSSR count). The lowest BCUT2D eigenvalue weighted by Gasteiger charge is -2.30. The number of carboxylic acids is 2. The molecule has 0 atom stereocenters. The van der Waals surface area contributed by atoms with Gasteiger partial charge in [0.2, 0.25) is 0 Å². The Morgan fingerprint density at radius 3 is 2.08 bits per heavy atom. The van der Waals surface area contributed by atoms with Crippen LogP contribution < -0.4 is 0 Å². The summed E-state index contributed by atoms with van der Waals surface area (Å²) in [5.74, 6) is -3.56. The van der Waals surface area contributed by atoms with Gasteiger partial charge in [-0.15, -0.1) is 0 Å². The fraction of sp³-hybridized carbons (Fsp3) is 0.471. The van der Waals surface area contributed by atoms with Crippen LogP contribution in [0.2, 0.25) is 0 Å². The van der Waals surface area contributed by atoms with Gasteiger partial charge in [0.25, 0.3) is 0 Å². The van der Waals surface area contributed by atoms with Crippen LogP contribution in [0, 0.1) is 5.92 Å². The third-order valence-electron chi connectivity index (χ3n) is 3.64. The third kappa shape index (κ3) is 7.23. The number of carbonyl (C=O) groups is 3. The molecule has 1 aromatic carbocycles. The van der Waals surface area contributed by atoms with Gasteiger partial charge >= 0.3 is 17.9 Å². The van der Waals surface area contributed by atoms with Crippen LogP contribution in [-0.4, -0.2) is 52.7 Å². The molecule has 1 aliphatic rings. The van der Waals surface area contributed by atoms with E-state index >= 15 is 0 Å². The standard InChI is InChI=1S/C15H21NO2.C2H2O4/c1-2-18-15(17)14-8-10-16(11-9-14)12-13-6-4-3-5-7-13;3-1(4)2(5)6/h3-7,14H,2,8-12H2,1H3;(H,3,4)(H,5,6). The van der Waals surface area contributed by atoms with E-state index in [-0.39, 0.29) is 11.9 Å². The van der Waals surface area contributed by atoms with Gasteiger partial charge in [-0.05, 0) is 38.4 Å². The Hall–Kier alpha value is -2.41. The molecule has 7 heteroatoms. The number of benzene rings is 1. The number of piperidine rings is 1. The summed E-state index contributed by atoms with van der Waals surface area (Å²) >= 11 is 0. The highest BCUT2D eigenvalue weighted by Crippen LogP contribution is 2.20. The molecule has 1 heterocycles. The fourth-order valence-corrected chi connectivity index (χ4v) is 2.43. The van der Waals surface area contributed by atoms with Gasteiger partial charge in [0.15, 0.2) is 0 Å². The second kappa shape index (κ2) is 10.4. The van der Waals surface area contributed by atoms with E-state index in [4.69, 9.17) is 24.5 Å². The molecule has 0 spiro atoms. The number of carboxylic acid groups (broad SMARTS) is 2. The van der Waals surface area contributed by atoms with Crippen LogP contribution >= 0.6 is 0 Å². The van der Waals surface area contributed by atoms with Crippen LogP contribution in [0.25, 0.3) is 0 Å². The molecule has 0 aromatic heterocycles. The number of nitrogens with zero attached hydrogens (tertiary/aromatic N) is 1. The van der Waals surface area contributed by atoms with Gasteiger partial charge in [-0.25, -0.2) is 9.59 Å². The van der Waals surface area contributed by atoms with E-state index in [1.807, 2.05) is 13.0 Å². The molecule has 0 amide bonds. The van der Waals surface area contributed by atoms with Gasteiger partial charge < -0.3 is 14.9 Å². The van der Waals surface area contributed by atoms with Gasteiger partial charge in [-0.3, -0.25) is 9.69 Å². The van der Waals surface area contributed by atoms with Gasteiger partial charge in [0.05, 0.1) is 12.5 Å². The Morgan fingerprint density at radius 2 is 1.62 bits per heavy atom. The maximum absolute atomic E-state index is 11.6. The number of aliphatic carboxylic acids is 2. The minimum absolute atomic E-state index is 0.0168. The zero-order valence-electron chi connectivity index (χ0n) is 13.7. The summed E-state index contributed by atoms with van der Waals surface area (Å²) in [5, 5.41) is 14.8. The van der Waals surface area contributed by atoms with E-state index in [0.717, 1.165) is 32.5 Å². The minimum Gasteiger partial charge on any atom is -0.473 e. The second-order valence-corrected chi connectivity index (χ2v) is 5.40. The van der Waals surface area contributed by atoms with E-state index in [9.17, 15) is 4.79 Å². The number of likely N-dealkylation sites (tertiary alicyclic amines) is 1. The summed E-state index contributed by atoms with van der Waals surface area (Å²) in [6.45, 7) is 5.30. The van der Waals surface area contributed by atoms with E-state index in [1.54, 1.807) is 0 Å². The number of ether oxygens (including phenoxy) is 1. The lowest BCUT2D eigenvalue weighted by atomic mass is 9.96. The molecule has 1 aromatic rings. The summed E-state index contributed by atoms with van der Waals surface area (Å²) in [6.07, 6.45) is 1.84. The summed E-state index contributed by atoms with van der Waals surface area (Å²) in [7, 11) is 0. The highest BCUT2D eigenvalue weighted by Gasteiger charge is 2.25. The molecule has 7 nitrogen and oxygen atoms in total. The Morgan fingerprint density at radius 1 is 1.08 bits per heavy atom. The van der Waals surface area contributed by atoms with Gasteiger partial charge in [-0.2, -0.15) is 0 Å². The van der Waals surface area contributed by atoms with Crippen molar-refractivity contribution in [3.63, 3.8) is 0 Å². The van der Waals surface area contributed by atoms with Crippen molar-refractivity contribution in [2.45, 2.75) is 26.3 Å². The average molecular weight is 337 g/mol. The molecular formula is C17H23NO6. The molecule has 0 aliphatic carbocycles. The largest absolute Gasteiger partial charge is 0.473 e. The summed E-state index contributed by atoms with van der Waals surface area (Å²) in [5.41, 5.74) is 1.34. The average Bonchev–Trinajstić information content (AvgIpc) is 2.57. The number of hydrogen-bond acceptors (Lipinski definition) is 5. The van der Waals surface area contributed by atoms with E-state index in [1.165, 1.54) is 5.56 Å². The molecule has 0 radical (unpaired) electrons. The first-order chi connectivity index (χ1) is 11.4. The van der Waals surface area contributed by atoms with E-state index < -0.39 is 11.9 Å². The Kier molecular flexibility index (Phi) is 8.49. The zero-order chi connectivity index (χ0) is 17.9. The SMILES string of the molecule is CCOC(=O)C1CCN(Cc2ccccc2)CC1.O=C(O)C(=O)O. The molecule has 2 N–H and O–H groups in total. The van der Waals surface area contributed by atoms with Crippen molar-refractivity contribution in [1.29, 1.82) is 0 Å². The number of esters is 1. The Labute approximate surface area is 140 Å². The van der Waals surface area contributed by atoms with Crippen LogP contribution in [0.3, 0.4) is 0 Å². The zero-order valence-corrected chi connectivity index (χ0v) is 13.7. The minimum atomic E-state index is -1.82. The van der Waals surface area contributed by atoms with Gasteiger partial charge in [0, 0.05) is 6.54 Å². The maximum Gasteiger partial charge on any atom is 0.414 e. The first-order valence-corrected chi connectivity index (χ1v) is 7.83. The highest BCUT2D eigenvalue weighted by atomic mass is 16.5. The third-order valence-corrected chi connectivity index (χ3v) is 3.64. The highest BCUT2D eigenvalue weighted by molar-refractivity contribution is 6.27. The second-order valence-electron chi connectivity index (χ2n) is 5.40. The molecule has 132 valence electrons. The summed E-state index contributed by atoms with van der Waals surface area (Å²) in [6, 6.07) is 10.5.